The second-order valence-corrected chi connectivity index (χ2v) is 11.1. The fraction of sp³-hybridized carbons (Fsp3) is 0.517. The van der Waals surface area contributed by atoms with Gasteiger partial charge in [-0.1, -0.05) is 0 Å². The van der Waals surface area contributed by atoms with Crippen LogP contribution in [-0.4, -0.2) is 95.2 Å². The van der Waals surface area contributed by atoms with Crippen molar-refractivity contribution in [2.45, 2.75) is 45.6 Å². The molecule has 1 atom stereocenters. The molecule has 0 radical (unpaired) electrons. The predicted molar refractivity (Wildman–Crippen MR) is 151 cm³/mol. The molecule has 5 rings (SSSR count). The number of methoxy groups -OCH3 is 1. The summed E-state index contributed by atoms with van der Waals surface area (Å²) in [7, 11) is 1.58. The number of ether oxygens (including phenoxy) is 5. The lowest BCUT2D eigenvalue weighted by atomic mass is 10.2. The molecular formula is C29H37N5O7. The molecule has 0 bridgehead atoms. The number of carbonyl (C=O) groups excluding carboxylic acids is 1. The van der Waals surface area contributed by atoms with Crippen molar-refractivity contribution < 1.29 is 28.5 Å². The van der Waals surface area contributed by atoms with E-state index in [9.17, 15) is 9.59 Å². The van der Waals surface area contributed by atoms with Crippen molar-refractivity contribution in [3.63, 3.8) is 0 Å². The standard InChI is InChI=1S/C29H37N5O7/c1-29(2,3)41-28(36)33(17-20-13-25-26(16-30-20)40-12-11-39-25)19-22-18-32(9-10-38-22)7-8-34-24-14-21(37-4)15-31-23(24)5-6-27(34)35/h5-6,13-16,22H,7-12,17-19H2,1-4H3. The first kappa shape index (κ1) is 28.6. The summed E-state index contributed by atoms with van der Waals surface area (Å²) in [6, 6.07) is 6.89. The van der Waals surface area contributed by atoms with Crippen LogP contribution in [0.25, 0.3) is 11.0 Å². The van der Waals surface area contributed by atoms with Crippen molar-refractivity contribution in [3.05, 3.63) is 52.7 Å². The van der Waals surface area contributed by atoms with Crippen LogP contribution in [0.2, 0.25) is 0 Å². The maximum atomic E-state index is 13.2. The minimum Gasteiger partial charge on any atom is -0.495 e. The minimum absolute atomic E-state index is 0.0969. The predicted octanol–water partition coefficient (Wildman–Crippen LogP) is 2.71. The Morgan fingerprint density at radius 3 is 2.66 bits per heavy atom. The highest BCUT2D eigenvalue weighted by atomic mass is 16.6. The fourth-order valence-corrected chi connectivity index (χ4v) is 4.87. The largest absolute Gasteiger partial charge is 0.495 e. The molecule has 3 aromatic heterocycles. The molecule has 0 N–H and O–H groups in total. The molecule has 12 nitrogen and oxygen atoms in total. The average Bonchev–Trinajstić information content (AvgIpc) is 2.95. The van der Waals surface area contributed by atoms with Crippen LogP contribution < -0.4 is 19.8 Å². The minimum atomic E-state index is -0.654. The Hall–Kier alpha value is -3.90. The van der Waals surface area contributed by atoms with Crippen molar-refractivity contribution in [2.24, 2.45) is 0 Å². The molecule has 5 heterocycles. The Balaban J connectivity index is 1.27. The molecule has 0 saturated carbocycles. The number of hydrogen-bond donors (Lipinski definition) is 0. The van der Waals surface area contributed by atoms with Crippen molar-refractivity contribution in [3.8, 4) is 17.2 Å². The van der Waals surface area contributed by atoms with E-state index in [4.69, 9.17) is 23.7 Å². The molecular weight excluding hydrogens is 530 g/mol. The Bertz CT molecular complexity index is 1440. The van der Waals surface area contributed by atoms with Crippen LogP contribution in [0.15, 0.2) is 41.5 Å². The van der Waals surface area contributed by atoms with E-state index in [2.05, 4.69) is 14.9 Å². The zero-order valence-corrected chi connectivity index (χ0v) is 24.0. The van der Waals surface area contributed by atoms with Gasteiger partial charge >= 0.3 is 6.09 Å². The van der Waals surface area contributed by atoms with Crippen LogP contribution in [-0.2, 0) is 22.6 Å². The third-order valence-corrected chi connectivity index (χ3v) is 6.83. The third-order valence-electron chi connectivity index (χ3n) is 6.83. The molecule has 12 heteroatoms. The van der Waals surface area contributed by atoms with E-state index in [1.165, 1.54) is 6.07 Å². The van der Waals surface area contributed by atoms with E-state index in [-0.39, 0.29) is 18.2 Å². The molecule has 1 amide bonds. The van der Waals surface area contributed by atoms with Gasteiger partial charge in [0, 0.05) is 44.4 Å². The van der Waals surface area contributed by atoms with Crippen LogP contribution in [0, 0.1) is 0 Å². The maximum Gasteiger partial charge on any atom is 0.410 e. The number of hydrogen-bond acceptors (Lipinski definition) is 10. The van der Waals surface area contributed by atoms with Gasteiger partial charge in [0.15, 0.2) is 11.5 Å². The zero-order valence-electron chi connectivity index (χ0n) is 24.0. The van der Waals surface area contributed by atoms with Gasteiger partial charge in [0.2, 0.25) is 0 Å². The monoisotopic (exact) mass is 567 g/mol. The molecule has 41 heavy (non-hydrogen) atoms. The van der Waals surface area contributed by atoms with Crippen molar-refractivity contribution in [1.82, 2.24) is 24.3 Å². The zero-order chi connectivity index (χ0) is 29.0. The van der Waals surface area contributed by atoms with E-state index in [0.29, 0.717) is 75.5 Å². The summed E-state index contributed by atoms with van der Waals surface area (Å²) in [4.78, 5) is 38.7. The van der Waals surface area contributed by atoms with E-state index >= 15 is 0 Å². The first-order valence-electron chi connectivity index (χ1n) is 13.8. The lowest BCUT2D eigenvalue weighted by molar-refractivity contribution is -0.0495. The van der Waals surface area contributed by atoms with E-state index < -0.39 is 11.7 Å². The number of nitrogens with zero attached hydrogens (tertiary/aromatic N) is 5. The summed E-state index contributed by atoms with van der Waals surface area (Å²) in [5.74, 6) is 1.80. The second-order valence-electron chi connectivity index (χ2n) is 11.1. The molecule has 0 aromatic carbocycles. The topological polar surface area (TPSA) is 117 Å². The molecule has 3 aromatic rings. The van der Waals surface area contributed by atoms with Crippen molar-refractivity contribution in [2.75, 3.05) is 53.1 Å². The Labute approximate surface area is 238 Å². The number of aromatic nitrogens is 3. The molecule has 2 aliphatic heterocycles. The highest BCUT2D eigenvalue weighted by molar-refractivity contribution is 5.75. The molecule has 220 valence electrons. The van der Waals surface area contributed by atoms with Gasteiger partial charge in [0.1, 0.15) is 24.6 Å². The second kappa shape index (κ2) is 12.3. The molecule has 0 aliphatic carbocycles. The van der Waals surface area contributed by atoms with Gasteiger partial charge in [-0.2, -0.15) is 0 Å². The quantitative estimate of drug-likeness (QED) is 0.402. The SMILES string of the molecule is COc1cnc2ccc(=O)n(CCN3CCOC(CN(Cc4cc5c(cn4)OCCO5)C(=O)OC(C)(C)C)C3)c2c1. The van der Waals surface area contributed by atoms with Gasteiger partial charge in [-0.25, -0.2) is 4.79 Å². The van der Waals surface area contributed by atoms with E-state index in [1.807, 2.05) is 26.8 Å². The summed E-state index contributed by atoms with van der Waals surface area (Å²) in [6.07, 6.45) is 2.56. The summed E-state index contributed by atoms with van der Waals surface area (Å²) in [6.45, 7) is 9.93. The number of fused-ring (bicyclic) bond motifs is 2. The summed E-state index contributed by atoms with van der Waals surface area (Å²) in [5.41, 5.74) is 1.36. The first-order chi connectivity index (χ1) is 19.7. The number of amides is 1. The van der Waals surface area contributed by atoms with Gasteiger partial charge in [-0.3, -0.25) is 24.6 Å². The fourth-order valence-electron chi connectivity index (χ4n) is 4.87. The molecule has 0 spiro atoms. The average molecular weight is 568 g/mol. The van der Waals surface area contributed by atoms with Crippen LogP contribution in [0.5, 0.6) is 17.2 Å². The van der Waals surface area contributed by atoms with E-state index in [1.54, 1.807) is 41.1 Å². The molecule has 1 unspecified atom stereocenters. The number of carbonyl (C=O) groups is 1. The highest BCUT2D eigenvalue weighted by Gasteiger charge is 2.29. The van der Waals surface area contributed by atoms with Gasteiger partial charge < -0.3 is 28.3 Å². The summed E-state index contributed by atoms with van der Waals surface area (Å²) >= 11 is 0. The normalized spacial score (nSPS) is 17.3. The highest BCUT2D eigenvalue weighted by Crippen LogP contribution is 2.30. The van der Waals surface area contributed by atoms with Crippen LogP contribution in [0.3, 0.4) is 0 Å². The van der Waals surface area contributed by atoms with Crippen molar-refractivity contribution in [1.29, 1.82) is 0 Å². The Kier molecular flexibility index (Phi) is 8.60. The van der Waals surface area contributed by atoms with Gasteiger partial charge in [0.05, 0.1) is 62.0 Å². The molecule has 2 aliphatic rings. The summed E-state index contributed by atoms with van der Waals surface area (Å²) in [5, 5.41) is 0. The van der Waals surface area contributed by atoms with Gasteiger partial charge in [-0.15, -0.1) is 0 Å². The Morgan fingerprint density at radius 2 is 1.88 bits per heavy atom. The lowest BCUT2D eigenvalue weighted by Crippen LogP contribution is -2.50. The van der Waals surface area contributed by atoms with Crippen LogP contribution in [0.1, 0.15) is 26.5 Å². The van der Waals surface area contributed by atoms with Crippen LogP contribution in [0.4, 0.5) is 4.79 Å². The van der Waals surface area contributed by atoms with Crippen LogP contribution >= 0.6 is 0 Å². The number of rotatable bonds is 8. The number of pyridine rings is 3. The molecule has 1 saturated heterocycles. The first-order valence-corrected chi connectivity index (χ1v) is 13.8. The molecule has 1 fully saturated rings. The van der Waals surface area contributed by atoms with E-state index in [0.717, 1.165) is 11.0 Å². The van der Waals surface area contributed by atoms with Crippen molar-refractivity contribution >= 4 is 17.1 Å². The third kappa shape index (κ3) is 7.25. The Morgan fingerprint density at radius 1 is 1.07 bits per heavy atom. The van der Waals surface area contributed by atoms with Gasteiger partial charge in [0.25, 0.3) is 5.56 Å². The maximum absolute atomic E-state index is 13.2. The lowest BCUT2D eigenvalue weighted by Gasteiger charge is -2.36. The smallest absolute Gasteiger partial charge is 0.410 e. The number of morpholine rings is 1. The summed E-state index contributed by atoms with van der Waals surface area (Å²) < 4.78 is 30.1. The van der Waals surface area contributed by atoms with Gasteiger partial charge in [-0.05, 0) is 26.8 Å².